The van der Waals surface area contributed by atoms with E-state index in [2.05, 4.69) is 4.72 Å². The van der Waals surface area contributed by atoms with Crippen molar-refractivity contribution in [1.29, 1.82) is 0 Å². The van der Waals surface area contributed by atoms with Gasteiger partial charge in [0.1, 0.15) is 0 Å². The molecule has 1 aromatic rings. The quantitative estimate of drug-likeness (QED) is 0.647. The topological polar surface area (TPSA) is 64.6 Å². The molecule has 0 saturated carbocycles. The van der Waals surface area contributed by atoms with E-state index in [-0.39, 0.29) is 12.4 Å². The van der Waals surface area contributed by atoms with Gasteiger partial charge in [-0.25, -0.2) is 13.1 Å². The van der Waals surface area contributed by atoms with Crippen LogP contribution in [0.25, 0.3) is 0 Å². The molecule has 0 unspecified atom stereocenters. The smallest absolute Gasteiger partial charge is 0.213 e. The van der Waals surface area contributed by atoms with Gasteiger partial charge in [0.15, 0.2) is 0 Å². The summed E-state index contributed by atoms with van der Waals surface area (Å²) < 4.78 is 35.7. The number of rotatable bonds is 10. The van der Waals surface area contributed by atoms with Crippen molar-refractivity contribution in [2.24, 2.45) is 0 Å². The third-order valence-electron chi connectivity index (χ3n) is 2.51. The second kappa shape index (κ2) is 9.03. The first-order chi connectivity index (χ1) is 9.14. The second-order valence-electron chi connectivity index (χ2n) is 4.05. The monoisotopic (exact) mass is 287 g/mol. The van der Waals surface area contributed by atoms with E-state index in [1.165, 1.54) is 0 Å². The van der Waals surface area contributed by atoms with Gasteiger partial charge in [0.25, 0.3) is 0 Å². The van der Waals surface area contributed by atoms with Crippen LogP contribution in [0.15, 0.2) is 30.3 Å². The number of sulfonamides is 1. The second-order valence-corrected chi connectivity index (χ2v) is 5.98. The van der Waals surface area contributed by atoms with Crippen molar-refractivity contribution in [2.45, 2.75) is 6.42 Å². The first-order valence-corrected chi connectivity index (χ1v) is 7.87. The van der Waals surface area contributed by atoms with Crippen LogP contribution < -0.4 is 4.72 Å². The maximum atomic E-state index is 11.6. The molecule has 6 heteroatoms. The number of benzene rings is 1. The Morgan fingerprint density at radius 3 is 2.53 bits per heavy atom. The minimum atomic E-state index is -3.25. The number of hydrogen-bond acceptors (Lipinski definition) is 4. The van der Waals surface area contributed by atoms with Gasteiger partial charge >= 0.3 is 0 Å². The summed E-state index contributed by atoms with van der Waals surface area (Å²) in [6, 6.07) is 9.76. The molecule has 0 aromatic heterocycles. The van der Waals surface area contributed by atoms with Gasteiger partial charge in [0.05, 0.1) is 25.6 Å². The highest BCUT2D eigenvalue weighted by Gasteiger charge is 2.09. The Labute approximate surface area is 115 Å². The molecule has 0 spiro atoms. The van der Waals surface area contributed by atoms with Gasteiger partial charge in [-0.15, -0.1) is 0 Å². The molecule has 0 aliphatic rings. The molecule has 1 rings (SSSR count). The van der Waals surface area contributed by atoms with E-state index in [0.29, 0.717) is 26.2 Å². The molecule has 0 radical (unpaired) electrons. The highest BCUT2D eigenvalue weighted by atomic mass is 32.2. The van der Waals surface area contributed by atoms with Crippen molar-refractivity contribution in [2.75, 3.05) is 39.2 Å². The fraction of sp³-hybridized carbons (Fsp3) is 0.538. The summed E-state index contributed by atoms with van der Waals surface area (Å²) in [5, 5.41) is 0. The Kier molecular flexibility index (Phi) is 7.66. The van der Waals surface area contributed by atoms with Crippen molar-refractivity contribution >= 4 is 10.0 Å². The fourth-order valence-corrected chi connectivity index (χ4v) is 2.38. The van der Waals surface area contributed by atoms with E-state index in [0.717, 1.165) is 5.56 Å². The molecule has 0 bridgehead atoms. The largest absolute Gasteiger partial charge is 0.382 e. The van der Waals surface area contributed by atoms with E-state index >= 15 is 0 Å². The average molecular weight is 287 g/mol. The van der Waals surface area contributed by atoms with Gasteiger partial charge in [-0.2, -0.15) is 0 Å². The zero-order valence-electron chi connectivity index (χ0n) is 11.2. The predicted molar refractivity (Wildman–Crippen MR) is 74.6 cm³/mol. The third-order valence-corrected chi connectivity index (χ3v) is 3.85. The van der Waals surface area contributed by atoms with E-state index in [9.17, 15) is 8.42 Å². The molecule has 0 amide bonds. The third kappa shape index (κ3) is 7.94. The van der Waals surface area contributed by atoms with Crippen molar-refractivity contribution in [3.8, 4) is 0 Å². The van der Waals surface area contributed by atoms with Gasteiger partial charge in [0, 0.05) is 13.7 Å². The molecule has 108 valence electrons. The number of methoxy groups -OCH3 is 1. The van der Waals surface area contributed by atoms with Crippen molar-refractivity contribution in [3.63, 3.8) is 0 Å². The van der Waals surface area contributed by atoms with E-state index in [4.69, 9.17) is 9.47 Å². The van der Waals surface area contributed by atoms with Crippen LogP contribution in [0.4, 0.5) is 0 Å². The lowest BCUT2D eigenvalue weighted by atomic mass is 10.2. The molecule has 0 aliphatic carbocycles. The highest BCUT2D eigenvalue weighted by Crippen LogP contribution is 1.98. The fourth-order valence-electron chi connectivity index (χ4n) is 1.48. The molecule has 0 fully saturated rings. The Balaban J connectivity index is 2.16. The zero-order valence-corrected chi connectivity index (χ0v) is 12.0. The van der Waals surface area contributed by atoms with E-state index in [1.54, 1.807) is 7.11 Å². The van der Waals surface area contributed by atoms with Crippen LogP contribution in [0.2, 0.25) is 0 Å². The Morgan fingerprint density at radius 2 is 1.84 bits per heavy atom. The lowest BCUT2D eigenvalue weighted by Gasteiger charge is -2.07. The van der Waals surface area contributed by atoms with E-state index in [1.807, 2.05) is 30.3 Å². The van der Waals surface area contributed by atoms with Crippen LogP contribution in [0.5, 0.6) is 0 Å². The number of ether oxygens (including phenoxy) is 2. The molecular formula is C13H21NO4S. The standard InChI is InChI=1S/C13H21NO4S/c1-17-9-10-18-11-12-19(15,16)14-8-7-13-5-3-2-4-6-13/h2-6,14H,7-12H2,1H3. The van der Waals surface area contributed by atoms with Gasteiger partial charge in [0.2, 0.25) is 10.0 Å². The van der Waals surface area contributed by atoms with Gasteiger partial charge in [-0.1, -0.05) is 30.3 Å². The summed E-state index contributed by atoms with van der Waals surface area (Å²) in [7, 11) is -1.68. The zero-order chi connectivity index (χ0) is 14.0. The van der Waals surface area contributed by atoms with Crippen LogP contribution in [0.3, 0.4) is 0 Å². The summed E-state index contributed by atoms with van der Waals surface area (Å²) in [6.07, 6.45) is 0.685. The van der Waals surface area contributed by atoms with Gasteiger partial charge in [-0.3, -0.25) is 0 Å². The number of hydrogen-bond donors (Lipinski definition) is 1. The summed E-state index contributed by atoms with van der Waals surface area (Å²) in [4.78, 5) is 0. The summed E-state index contributed by atoms with van der Waals surface area (Å²) in [6.45, 7) is 1.48. The van der Waals surface area contributed by atoms with Gasteiger partial charge in [-0.05, 0) is 12.0 Å². The van der Waals surface area contributed by atoms with Crippen LogP contribution in [0, 0.1) is 0 Å². The molecule has 0 heterocycles. The van der Waals surface area contributed by atoms with Crippen LogP contribution in [-0.4, -0.2) is 47.6 Å². The lowest BCUT2D eigenvalue weighted by Crippen LogP contribution is -2.30. The van der Waals surface area contributed by atoms with Crippen LogP contribution in [0.1, 0.15) is 5.56 Å². The Bertz CT molecular complexity index is 433. The molecule has 1 aromatic carbocycles. The van der Waals surface area contributed by atoms with Crippen molar-refractivity contribution in [3.05, 3.63) is 35.9 Å². The molecule has 0 saturated heterocycles. The molecule has 0 atom stereocenters. The molecular weight excluding hydrogens is 266 g/mol. The minimum absolute atomic E-state index is 0.0223. The van der Waals surface area contributed by atoms with Crippen molar-refractivity contribution in [1.82, 2.24) is 4.72 Å². The summed E-state index contributed by atoms with van der Waals surface area (Å²) in [5.41, 5.74) is 1.11. The SMILES string of the molecule is COCCOCCS(=O)(=O)NCCc1ccccc1. The predicted octanol–water partition coefficient (Wildman–Crippen LogP) is 0.812. The van der Waals surface area contributed by atoms with Crippen molar-refractivity contribution < 1.29 is 17.9 Å². The molecule has 5 nitrogen and oxygen atoms in total. The maximum Gasteiger partial charge on any atom is 0.213 e. The maximum absolute atomic E-state index is 11.6. The van der Waals surface area contributed by atoms with Crippen LogP contribution in [-0.2, 0) is 25.9 Å². The summed E-state index contributed by atoms with van der Waals surface area (Å²) >= 11 is 0. The Hall–Kier alpha value is -0.950. The molecule has 19 heavy (non-hydrogen) atoms. The molecule has 1 N–H and O–H groups in total. The Morgan fingerprint density at radius 1 is 1.11 bits per heavy atom. The lowest BCUT2D eigenvalue weighted by molar-refractivity contribution is 0.0784. The minimum Gasteiger partial charge on any atom is -0.382 e. The number of nitrogens with one attached hydrogen (secondary N) is 1. The average Bonchev–Trinajstić information content (AvgIpc) is 2.39. The van der Waals surface area contributed by atoms with Crippen LogP contribution >= 0.6 is 0 Å². The van der Waals surface area contributed by atoms with E-state index < -0.39 is 10.0 Å². The first kappa shape index (κ1) is 16.1. The highest BCUT2D eigenvalue weighted by molar-refractivity contribution is 7.89. The summed E-state index contributed by atoms with van der Waals surface area (Å²) in [5.74, 6) is -0.0223. The molecule has 0 aliphatic heterocycles. The first-order valence-electron chi connectivity index (χ1n) is 6.22. The van der Waals surface area contributed by atoms with Gasteiger partial charge < -0.3 is 9.47 Å². The normalized spacial score (nSPS) is 11.6.